The van der Waals surface area contributed by atoms with Gasteiger partial charge >= 0.3 is 0 Å². The summed E-state index contributed by atoms with van der Waals surface area (Å²) in [6, 6.07) is 14.1. The molecule has 0 aliphatic heterocycles. The number of fused-ring (bicyclic) bond motifs is 1. The number of aryl methyl sites for hydroxylation is 1. The van der Waals surface area contributed by atoms with Crippen LogP contribution in [0.2, 0.25) is 0 Å². The summed E-state index contributed by atoms with van der Waals surface area (Å²) in [6.45, 7) is 2.26. The summed E-state index contributed by atoms with van der Waals surface area (Å²) < 4.78 is 4.13. The van der Waals surface area contributed by atoms with Crippen molar-refractivity contribution in [2.24, 2.45) is 0 Å². The first-order valence-corrected chi connectivity index (χ1v) is 13.9. The number of amides is 2. The maximum absolute atomic E-state index is 12.8. The van der Waals surface area contributed by atoms with Gasteiger partial charge in [0.15, 0.2) is 0 Å². The molecule has 3 aromatic heterocycles. The van der Waals surface area contributed by atoms with E-state index >= 15 is 0 Å². The maximum Gasteiger partial charge on any atom is 0.263 e. The minimum Gasteiger partial charge on any atom is -0.389 e. The monoisotopic (exact) mass is 545 g/mol. The highest BCUT2D eigenvalue weighted by atomic mass is 32.1. The largest absolute Gasteiger partial charge is 0.389 e. The van der Waals surface area contributed by atoms with Gasteiger partial charge in [0.25, 0.3) is 11.8 Å². The van der Waals surface area contributed by atoms with Crippen LogP contribution < -0.4 is 16.4 Å². The van der Waals surface area contributed by atoms with Crippen molar-refractivity contribution in [1.29, 1.82) is 0 Å². The quantitative estimate of drug-likeness (QED) is 0.180. The molecule has 9 nitrogen and oxygen atoms in total. The van der Waals surface area contributed by atoms with Crippen LogP contribution in [-0.2, 0) is 0 Å². The number of aromatic amines is 1. The smallest absolute Gasteiger partial charge is 0.263 e. The number of imidazole rings is 1. The van der Waals surface area contributed by atoms with Crippen molar-refractivity contribution in [2.45, 2.75) is 32.2 Å². The van der Waals surface area contributed by atoms with Gasteiger partial charge in [-0.15, -0.1) is 11.3 Å². The Hall–Kier alpha value is -4.09. The minimum absolute atomic E-state index is 0.189. The molecule has 0 radical (unpaired) electrons. The molecule has 0 unspecified atom stereocenters. The Kier molecular flexibility index (Phi) is 7.75. The summed E-state index contributed by atoms with van der Waals surface area (Å²) in [5.41, 5.74) is 10.5. The summed E-state index contributed by atoms with van der Waals surface area (Å²) in [6.07, 6.45) is 5.49. The number of anilines is 1. The van der Waals surface area contributed by atoms with Crippen LogP contribution in [0, 0.1) is 6.92 Å². The number of thiazole rings is 1. The van der Waals surface area contributed by atoms with E-state index in [0.717, 1.165) is 41.0 Å². The molecule has 0 aliphatic rings. The van der Waals surface area contributed by atoms with E-state index in [0.29, 0.717) is 39.9 Å². The SMILES string of the molecule is Cc1nsc(N)c1C(=O)NCCCC[C@H](NC(=O)c1cncs1)c1ncc(-c2ccc3ccccc3c2)[nH]1. The first-order chi connectivity index (χ1) is 18.5. The van der Waals surface area contributed by atoms with E-state index in [4.69, 9.17) is 5.73 Å². The summed E-state index contributed by atoms with van der Waals surface area (Å²) in [5, 5.41) is 8.75. The molecule has 5 rings (SSSR count). The predicted octanol–water partition coefficient (Wildman–Crippen LogP) is 5.10. The number of nitrogens with two attached hydrogens (primary N) is 1. The lowest BCUT2D eigenvalue weighted by molar-refractivity contribution is 0.0935. The number of aromatic nitrogens is 4. The van der Waals surface area contributed by atoms with E-state index in [1.165, 1.54) is 16.7 Å². The molecule has 11 heteroatoms. The summed E-state index contributed by atoms with van der Waals surface area (Å²) in [4.78, 5) is 37.9. The highest BCUT2D eigenvalue weighted by Crippen LogP contribution is 2.26. The second-order valence-electron chi connectivity index (χ2n) is 8.89. The molecule has 2 aromatic carbocycles. The molecule has 5 N–H and O–H groups in total. The van der Waals surface area contributed by atoms with Crippen LogP contribution in [0.5, 0.6) is 0 Å². The fourth-order valence-corrected chi connectivity index (χ4v) is 5.46. The average molecular weight is 546 g/mol. The number of unbranched alkanes of at least 4 members (excludes halogenated alkanes) is 1. The second kappa shape index (κ2) is 11.5. The van der Waals surface area contributed by atoms with Gasteiger partial charge < -0.3 is 21.4 Å². The lowest BCUT2D eigenvalue weighted by atomic mass is 10.1. The molecule has 0 aliphatic carbocycles. The van der Waals surface area contributed by atoms with Gasteiger partial charge in [-0.05, 0) is 54.6 Å². The van der Waals surface area contributed by atoms with Crippen molar-refractivity contribution >= 4 is 50.5 Å². The van der Waals surface area contributed by atoms with Crippen molar-refractivity contribution < 1.29 is 9.59 Å². The fraction of sp³-hybridized carbons (Fsp3) is 0.222. The number of carbonyl (C=O) groups excluding carboxylic acids is 2. The van der Waals surface area contributed by atoms with Crippen molar-refractivity contribution in [1.82, 2.24) is 30.0 Å². The number of hydrogen-bond donors (Lipinski definition) is 4. The molecule has 0 bridgehead atoms. The first kappa shape index (κ1) is 25.6. The molecule has 0 saturated heterocycles. The Morgan fingerprint density at radius 3 is 2.68 bits per heavy atom. The minimum atomic E-state index is -0.325. The van der Waals surface area contributed by atoms with Gasteiger partial charge in [-0.1, -0.05) is 36.4 Å². The molecule has 194 valence electrons. The van der Waals surface area contributed by atoms with E-state index in [2.05, 4.69) is 60.3 Å². The molecular weight excluding hydrogens is 518 g/mol. The average Bonchev–Trinajstić information content (AvgIpc) is 3.69. The molecule has 38 heavy (non-hydrogen) atoms. The summed E-state index contributed by atoms with van der Waals surface area (Å²) in [5.74, 6) is 0.281. The third kappa shape index (κ3) is 5.74. The summed E-state index contributed by atoms with van der Waals surface area (Å²) in [7, 11) is 0. The number of H-pyrrole nitrogens is 1. The third-order valence-corrected chi connectivity index (χ3v) is 7.81. The molecule has 0 fully saturated rings. The van der Waals surface area contributed by atoms with Crippen LogP contribution in [0.15, 0.2) is 60.4 Å². The number of nitrogens with one attached hydrogen (secondary N) is 3. The van der Waals surface area contributed by atoms with E-state index < -0.39 is 0 Å². The molecule has 5 aromatic rings. The highest BCUT2D eigenvalue weighted by Gasteiger charge is 2.20. The van der Waals surface area contributed by atoms with Gasteiger partial charge in [0.2, 0.25) is 0 Å². The lowest BCUT2D eigenvalue weighted by Crippen LogP contribution is -2.29. The van der Waals surface area contributed by atoms with Crippen molar-refractivity contribution in [3.63, 3.8) is 0 Å². The number of benzene rings is 2. The molecule has 1 atom stereocenters. The molecule has 0 saturated carbocycles. The summed E-state index contributed by atoms with van der Waals surface area (Å²) >= 11 is 2.41. The Morgan fingerprint density at radius 1 is 1.08 bits per heavy atom. The lowest BCUT2D eigenvalue weighted by Gasteiger charge is -2.16. The van der Waals surface area contributed by atoms with Crippen LogP contribution in [0.4, 0.5) is 5.00 Å². The van der Waals surface area contributed by atoms with E-state index in [1.54, 1.807) is 24.8 Å². The van der Waals surface area contributed by atoms with Crippen LogP contribution in [0.3, 0.4) is 0 Å². The molecule has 0 spiro atoms. The van der Waals surface area contributed by atoms with E-state index in [9.17, 15) is 9.59 Å². The third-order valence-electron chi connectivity index (χ3n) is 6.27. The predicted molar refractivity (Wildman–Crippen MR) is 151 cm³/mol. The number of nitrogen functional groups attached to an aromatic ring is 1. The molecular formula is C27H27N7O2S2. The van der Waals surface area contributed by atoms with Crippen LogP contribution in [0.1, 0.15) is 56.9 Å². The zero-order valence-electron chi connectivity index (χ0n) is 20.7. The second-order valence-corrected chi connectivity index (χ2v) is 10.6. The van der Waals surface area contributed by atoms with Gasteiger partial charge in [0, 0.05) is 12.1 Å². The normalized spacial score (nSPS) is 11.9. The zero-order chi connectivity index (χ0) is 26.5. The van der Waals surface area contributed by atoms with Gasteiger partial charge in [0.1, 0.15) is 15.7 Å². The van der Waals surface area contributed by atoms with Crippen LogP contribution >= 0.6 is 22.9 Å². The van der Waals surface area contributed by atoms with Gasteiger partial charge in [-0.2, -0.15) is 4.37 Å². The number of hydrogen-bond acceptors (Lipinski definition) is 8. The van der Waals surface area contributed by atoms with Gasteiger partial charge in [-0.25, -0.2) is 4.98 Å². The standard InChI is InChI=1S/C27H27N7O2S2/c1-16-23(24(28)38-34-16)27(36)30-11-5-4-8-20(33-26(35)22-14-29-15-37-22)25-31-13-21(32-25)19-10-9-17-6-2-3-7-18(17)12-19/h2-3,6-7,9-10,12-15,20H,4-5,8,11,28H2,1H3,(H,30,36)(H,31,32)(H,33,35)/t20-/m0/s1. The fourth-order valence-electron chi connectivity index (χ4n) is 4.28. The van der Waals surface area contributed by atoms with E-state index in [-0.39, 0.29) is 17.9 Å². The van der Waals surface area contributed by atoms with Crippen molar-refractivity contribution in [2.75, 3.05) is 12.3 Å². The van der Waals surface area contributed by atoms with Gasteiger partial charge in [0.05, 0.1) is 40.9 Å². The van der Waals surface area contributed by atoms with Crippen molar-refractivity contribution in [3.05, 3.63) is 82.3 Å². The number of carbonyl (C=O) groups is 2. The van der Waals surface area contributed by atoms with Gasteiger partial charge in [-0.3, -0.25) is 14.6 Å². The zero-order valence-corrected chi connectivity index (χ0v) is 22.4. The number of rotatable bonds is 10. The van der Waals surface area contributed by atoms with E-state index in [1.807, 2.05) is 12.1 Å². The number of nitrogens with zero attached hydrogens (tertiary/aromatic N) is 3. The van der Waals surface area contributed by atoms with Crippen LogP contribution in [0.25, 0.3) is 22.0 Å². The molecule has 2 amide bonds. The maximum atomic E-state index is 12.8. The molecule has 3 heterocycles. The van der Waals surface area contributed by atoms with Crippen molar-refractivity contribution in [3.8, 4) is 11.3 Å². The highest BCUT2D eigenvalue weighted by molar-refractivity contribution is 7.11. The van der Waals surface area contributed by atoms with Crippen LogP contribution in [-0.4, -0.2) is 37.7 Å². The Labute approximate surface area is 227 Å². The first-order valence-electron chi connectivity index (χ1n) is 12.2. The Bertz CT molecular complexity index is 1540. The topological polar surface area (TPSA) is 139 Å². The Morgan fingerprint density at radius 2 is 1.92 bits per heavy atom. The Balaban J connectivity index is 1.25.